The van der Waals surface area contributed by atoms with Crippen LogP contribution in [-0.2, 0) is 4.74 Å². The van der Waals surface area contributed by atoms with Crippen LogP contribution in [0.25, 0.3) is 21.8 Å². The van der Waals surface area contributed by atoms with Gasteiger partial charge in [0.1, 0.15) is 0 Å². The molecule has 0 unspecified atom stereocenters. The second-order valence-corrected chi connectivity index (χ2v) is 5.76. The third-order valence-corrected chi connectivity index (χ3v) is 4.11. The fourth-order valence-corrected chi connectivity index (χ4v) is 2.82. The van der Waals surface area contributed by atoms with Crippen LogP contribution in [0.4, 0.5) is 0 Å². The molecular weight excluding hydrogens is 318 g/mol. The topological polar surface area (TPSA) is 87.8 Å². The number of fused-ring (bicyclic) bond motifs is 2. The summed E-state index contributed by atoms with van der Waals surface area (Å²) in [6.45, 7) is 1.68. The zero-order valence-corrected chi connectivity index (χ0v) is 13.4. The highest BCUT2D eigenvalue weighted by Gasteiger charge is 2.19. The minimum Gasteiger partial charge on any atom is -0.451 e. The fraction of sp³-hybridized carbons (Fsp3) is 0.105. The Hall–Kier alpha value is -3.41. The van der Waals surface area contributed by atoms with Crippen molar-refractivity contribution >= 4 is 27.8 Å². The van der Waals surface area contributed by atoms with E-state index in [2.05, 4.69) is 15.0 Å². The van der Waals surface area contributed by atoms with Gasteiger partial charge in [-0.05, 0) is 25.1 Å². The summed E-state index contributed by atoms with van der Waals surface area (Å²) in [5.74, 6) is -0.155. The predicted molar refractivity (Wildman–Crippen MR) is 94.5 cm³/mol. The summed E-state index contributed by atoms with van der Waals surface area (Å²) in [4.78, 5) is 34.8. The maximum absolute atomic E-state index is 12.5. The van der Waals surface area contributed by atoms with E-state index in [4.69, 9.17) is 4.74 Å². The van der Waals surface area contributed by atoms with E-state index in [1.807, 2.05) is 24.3 Å². The predicted octanol–water partition coefficient (Wildman–Crippen LogP) is 3.32. The molecule has 0 aliphatic heterocycles. The highest BCUT2D eigenvalue weighted by Crippen LogP contribution is 2.22. The van der Waals surface area contributed by atoms with Crippen LogP contribution in [0.1, 0.15) is 29.2 Å². The minimum absolute atomic E-state index is 0.254. The minimum atomic E-state index is -0.682. The number of carbonyl (C=O) groups is 1. The van der Waals surface area contributed by atoms with Gasteiger partial charge in [-0.3, -0.25) is 4.79 Å². The van der Waals surface area contributed by atoms with Crippen molar-refractivity contribution in [3.8, 4) is 0 Å². The summed E-state index contributed by atoms with van der Waals surface area (Å²) < 4.78 is 5.50. The van der Waals surface area contributed by atoms with Crippen LogP contribution in [0.3, 0.4) is 0 Å². The quantitative estimate of drug-likeness (QED) is 0.563. The maximum Gasteiger partial charge on any atom is 0.341 e. The van der Waals surface area contributed by atoms with Crippen molar-refractivity contribution in [3.05, 3.63) is 76.5 Å². The van der Waals surface area contributed by atoms with Gasteiger partial charge in [0.15, 0.2) is 11.9 Å². The van der Waals surface area contributed by atoms with Crippen molar-refractivity contribution in [3.63, 3.8) is 0 Å². The Morgan fingerprint density at radius 3 is 2.64 bits per heavy atom. The molecule has 6 heteroatoms. The standard InChI is InChI=1S/C19H15N3O3/c1-11(17-21-16-9-5-3-7-13(16)18(23)22-17)25-19(24)14-10-20-15-8-4-2-6-12(14)15/h2-11,20H,1H3,(H,21,22,23)/t11-/m0/s1. The zero-order valence-electron chi connectivity index (χ0n) is 13.4. The highest BCUT2D eigenvalue weighted by atomic mass is 16.5. The number of aromatic amines is 2. The van der Waals surface area contributed by atoms with Crippen molar-refractivity contribution in [2.24, 2.45) is 0 Å². The molecule has 0 aliphatic carbocycles. The molecule has 1 atom stereocenters. The molecule has 0 saturated carbocycles. The van der Waals surface area contributed by atoms with Crippen LogP contribution >= 0.6 is 0 Å². The van der Waals surface area contributed by atoms with Crippen LogP contribution in [0, 0.1) is 0 Å². The Morgan fingerprint density at radius 1 is 1.08 bits per heavy atom. The van der Waals surface area contributed by atoms with Gasteiger partial charge in [0.05, 0.1) is 16.5 Å². The lowest BCUT2D eigenvalue weighted by Gasteiger charge is -2.12. The van der Waals surface area contributed by atoms with E-state index in [1.165, 1.54) is 0 Å². The largest absolute Gasteiger partial charge is 0.451 e. The fourth-order valence-electron chi connectivity index (χ4n) is 2.82. The number of H-pyrrole nitrogens is 2. The molecule has 6 nitrogen and oxygen atoms in total. The third kappa shape index (κ3) is 2.67. The Balaban J connectivity index is 1.64. The number of aromatic nitrogens is 3. The monoisotopic (exact) mass is 333 g/mol. The lowest BCUT2D eigenvalue weighted by molar-refractivity contribution is 0.0322. The van der Waals surface area contributed by atoms with Gasteiger partial charge in [0.25, 0.3) is 5.56 Å². The van der Waals surface area contributed by atoms with Crippen LogP contribution in [0.2, 0.25) is 0 Å². The Bertz CT molecular complexity index is 1140. The Kier molecular flexibility index (Phi) is 3.57. The molecule has 4 aromatic rings. The van der Waals surface area contributed by atoms with Crippen molar-refractivity contribution < 1.29 is 9.53 Å². The summed E-state index contributed by atoms with van der Waals surface area (Å²) in [5.41, 5.74) is 1.62. The highest BCUT2D eigenvalue weighted by molar-refractivity contribution is 6.04. The molecule has 4 rings (SSSR count). The van der Waals surface area contributed by atoms with Gasteiger partial charge in [0.2, 0.25) is 0 Å². The number of esters is 1. The van der Waals surface area contributed by atoms with E-state index in [9.17, 15) is 9.59 Å². The van der Waals surface area contributed by atoms with Crippen molar-refractivity contribution in [1.82, 2.24) is 15.0 Å². The molecule has 0 amide bonds. The molecule has 2 aromatic carbocycles. The first-order valence-electron chi connectivity index (χ1n) is 7.89. The molecule has 0 spiro atoms. The molecule has 0 fully saturated rings. The average Bonchev–Trinajstić information content (AvgIpc) is 3.06. The number of para-hydroxylation sites is 2. The van der Waals surface area contributed by atoms with E-state index in [-0.39, 0.29) is 5.56 Å². The third-order valence-electron chi connectivity index (χ3n) is 4.11. The summed E-state index contributed by atoms with van der Waals surface area (Å²) >= 11 is 0. The summed E-state index contributed by atoms with van der Waals surface area (Å²) in [6, 6.07) is 14.5. The van der Waals surface area contributed by atoms with Crippen molar-refractivity contribution in [2.45, 2.75) is 13.0 Å². The normalized spacial score (nSPS) is 12.4. The zero-order chi connectivity index (χ0) is 17.4. The van der Waals surface area contributed by atoms with E-state index in [0.29, 0.717) is 22.3 Å². The first-order chi connectivity index (χ1) is 12.1. The molecule has 2 N–H and O–H groups in total. The second-order valence-electron chi connectivity index (χ2n) is 5.76. The van der Waals surface area contributed by atoms with Crippen LogP contribution in [-0.4, -0.2) is 20.9 Å². The smallest absolute Gasteiger partial charge is 0.341 e. The number of rotatable bonds is 3. The second kappa shape index (κ2) is 5.90. The molecule has 25 heavy (non-hydrogen) atoms. The Labute approximate surface area is 142 Å². The molecule has 2 heterocycles. The van der Waals surface area contributed by atoms with Crippen LogP contribution in [0.5, 0.6) is 0 Å². The number of nitrogens with one attached hydrogen (secondary N) is 2. The van der Waals surface area contributed by atoms with Gasteiger partial charge in [-0.15, -0.1) is 0 Å². The molecule has 0 bridgehead atoms. The molecule has 0 aliphatic rings. The van der Waals surface area contributed by atoms with E-state index in [0.717, 1.165) is 10.9 Å². The number of carbonyl (C=O) groups excluding carboxylic acids is 1. The first-order valence-corrected chi connectivity index (χ1v) is 7.89. The van der Waals surface area contributed by atoms with Gasteiger partial charge >= 0.3 is 5.97 Å². The first kappa shape index (κ1) is 15.1. The van der Waals surface area contributed by atoms with Gasteiger partial charge in [-0.25, -0.2) is 9.78 Å². The lowest BCUT2D eigenvalue weighted by Crippen LogP contribution is -2.17. The van der Waals surface area contributed by atoms with Crippen molar-refractivity contribution in [2.75, 3.05) is 0 Å². The maximum atomic E-state index is 12.5. The molecule has 2 aromatic heterocycles. The number of hydrogen-bond acceptors (Lipinski definition) is 4. The van der Waals surface area contributed by atoms with Crippen LogP contribution < -0.4 is 5.56 Å². The lowest BCUT2D eigenvalue weighted by atomic mass is 10.2. The van der Waals surface area contributed by atoms with Gasteiger partial charge < -0.3 is 14.7 Å². The number of benzene rings is 2. The Morgan fingerprint density at radius 2 is 1.80 bits per heavy atom. The number of hydrogen-bond donors (Lipinski definition) is 2. The van der Waals surface area contributed by atoms with E-state index in [1.54, 1.807) is 37.4 Å². The average molecular weight is 333 g/mol. The molecule has 0 radical (unpaired) electrons. The van der Waals surface area contributed by atoms with Gasteiger partial charge in [-0.1, -0.05) is 30.3 Å². The summed E-state index contributed by atoms with van der Waals surface area (Å²) in [6.07, 6.45) is 0.939. The summed E-state index contributed by atoms with van der Waals surface area (Å²) in [5, 5.41) is 1.29. The van der Waals surface area contributed by atoms with Crippen molar-refractivity contribution in [1.29, 1.82) is 0 Å². The van der Waals surface area contributed by atoms with Crippen LogP contribution in [0.15, 0.2) is 59.5 Å². The van der Waals surface area contributed by atoms with E-state index >= 15 is 0 Å². The number of ether oxygens (including phenoxy) is 1. The molecular formula is C19H15N3O3. The SMILES string of the molecule is C[C@H](OC(=O)c1c[nH]c2ccccc12)c1nc2ccccc2c(=O)[nH]1. The number of nitrogens with zero attached hydrogens (tertiary/aromatic N) is 1. The molecule has 124 valence electrons. The van der Waals surface area contributed by atoms with Gasteiger partial charge in [-0.2, -0.15) is 0 Å². The summed E-state index contributed by atoms with van der Waals surface area (Å²) in [7, 11) is 0. The van der Waals surface area contributed by atoms with Gasteiger partial charge in [0, 0.05) is 17.1 Å². The van der Waals surface area contributed by atoms with E-state index < -0.39 is 12.1 Å². The molecule has 0 saturated heterocycles.